The van der Waals surface area contributed by atoms with Crippen molar-refractivity contribution in [2.24, 2.45) is 0 Å². The third-order valence-electron chi connectivity index (χ3n) is 0.807. The lowest BCUT2D eigenvalue weighted by atomic mass is 10.4. The van der Waals surface area contributed by atoms with Crippen molar-refractivity contribution in [2.75, 3.05) is 6.54 Å². The summed E-state index contributed by atoms with van der Waals surface area (Å²) in [7, 11) is 0. The van der Waals surface area contributed by atoms with Crippen LogP contribution < -0.4 is 5.32 Å². The maximum absolute atomic E-state index is 11.3. The van der Waals surface area contributed by atoms with Gasteiger partial charge in [0, 0.05) is 6.42 Å². The van der Waals surface area contributed by atoms with Crippen molar-refractivity contribution in [1.29, 1.82) is 0 Å². The van der Waals surface area contributed by atoms with Gasteiger partial charge in [-0.3, -0.25) is 4.79 Å². The molecule has 0 heterocycles. The lowest BCUT2D eigenvalue weighted by Crippen LogP contribution is -2.33. The molecule has 0 spiro atoms. The maximum Gasteiger partial charge on any atom is 0.405 e. The molecule has 0 atom stereocenters. The second-order valence-electron chi connectivity index (χ2n) is 1.75. The molecule has 0 aromatic heterocycles. The van der Waals surface area contributed by atoms with Gasteiger partial charge in [-0.15, -0.1) is 0 Å². The smallest absolute Gasteiger partial charge is 0.347 e. The molecule has 2 nitrogen and oxygen atoms in total. The Morgan fingerprint density at radius 2 is 1.75 bits per heavy atom. The van der Waals surface area contributed by atoms with E-state index in [-0.39, 0.29) is 6.42 Å². The first kappa shape index (κ1) is 13.8. The summed E-state index contributed by atoms with van der Waals surface area (Å²) in [6.07, 6.45) is -4.22. The van der Waals surface area contributed by atoms with Gasteiger partial charge in [-0.1, -0.05) is 20.8 Å². The molecule has 5 heteroatoms. The van der Waals surface area contributed by atoms with Crippen LogP contribution in [0.15, 0.2) is 0 Å². The summed E-state index contributed by atoms with van der Waals surface area (Å²) in [5.74, 6) is -0.586. The van der Waals surface area contributed by atoms with Crippen LogP contribution in [0.25, 0.3) is 0 Å². The van der Waals surface area contributed by atoms with E-state index in [9.17, 15) is 18.0 Å². The lowest BCUT2D eigenvalue weighted by Gasteiger charge is -2.06. The average molecular weight is 185 g/mol. The topological polar surface area (TPSA) is 29.1 Å². The Hall–Kier alpha value is -0.740. The second kappa shape index (κ2) is 6.94. The molecular formula is C7H14F3NO. The van der Waals surface area contributed by atoms with Gasteiger partial charge in [-0.25, -0.2) is 0 Å². The standard InChI is InChI=1S/C5H8F3NO.C2H6/c1-2-4(10)9-3-5(6,7)8;1-2/h2-3H2,1H3,(H,9,10);1-2H3. The Kier molecular flexibility index (Phi) is 7.99. The predicted molar refractivity (Wildman–Crippen MR) is 40.7 cm³/mol. The van der Waals surface area contributed by atoms with Gasteiger partial charge in [0.15, 0.2) is 0 Å². The van der Waals surface area contributed by atoms with Crippen molar-refractivity contribution < 1.29 is 18.0 Å². The molecule has 0 aromatic rings. The Morgan fingerprint density at radius 1 is 1.33 bits per heavy atom. The summed E-state index contributed by atoms with van der Waals surface area (Å²) < 4.78 is 34.0. The molecule has 1 amide bonds. The fourth-order valence-electron chi connectivity index (χ4n) is 0.324. The van der Waals surface area contributed by atoms with Gasteiger partial charge in [0.1, 0.15) is 6.54 Å². The normalized spacial score (nSPS) is 9.83. The predicted octanol–water partition coefficient (Wildman–Crippen LogP) is 2.10. The van der Waals surface area contributed by atoms with Crippen molar-refractivity contribution in [3.8, 4) is 0 Å². The van der Waals surface area contributed by atoms with Crippen LogP contribution in [0.3, 0.4) is 0 Å². The lowest BCUT2D eigenvalue weighted by molar-refractivity contribution is -0.138. The molecule has 0 saturated heterocycles. The third kappa shape index (κ3) is 12.0. The minimum absolute atomic E-state index is 0.0794. The molecule has 0 aromatic carbocycles. The summed E-state index contributed by atoms with van der Waals surface area (Å²) >= 11 is 0. The van der Waals surface area contributed by atoms with Gasteiger partial charge in [0.05, 0.1) is 0 Å². The quantitative estimate of drug-likeness (QED) is 0.701. The number of rotatable bonds is 2. The van der Waals surface area contributed by atoms with E-state index in [1.807, 2.05) is 13.8 Å². The fraction of sp³-hybridized carbons (Fsp3) is 0.857. The van der Waals surface area contributed by atoms with E-state index in [1.165, 1.54) is 6.92 Å². The highest BCUT2D eigenvalue weighted by molar-refractivity contribution is 5.75. The van der Waals surface area contributed by atoms with E-state index in [4.69, 9.17) is 0 Å². The van der Waals surface area contributed by atoms with Gasteiger partial charge in [-0.2, -0.15) is 13.2 Å². The molecule has 0 radical (unpaired) electrons. The Bertz CT molecular complexity index is 122. The Balaban J connectivity index is 0. The molecule has 74 valence electrons. The van der Waals surface area contributed by atoms with Gasteiger partial charge in [0.2, 0.25) is 5.91 Å². The van der Waals surface area contributed by atoms with E-state index in [0.717, 1.165) is 0 Å². The zero-order chi connectivity index (χ0) is 10.2. The molecule has 12 heavy (non-hydrogen) atoms. The van der Waals surface area contributed by atoms with Crippen LogP contribution in [0.5, 0.6) is 0 Å². The van der Waals surface area contributed by atoms with E-state index in [2.05, 4.69) is 0 Å². The SMILES string of the molecule is CC.CCC(=O)NCC(F)(F)F. The summed E-state index contributed by atoms with van der Waals surface area (Å²) in [5, 5.41) is 1.71. The fourth-order valence-corrected chi connectivity index (χ4v) is 0.324. The Morgan fingerprint density at radius 3 is 2.00 bits per heavy atom. The first-order valence-corrected chi connectivity index (χ1v) is 3.79. The van der Waals surface area contributed by atoms with Gasteiger partial charge in [-0.05, 0) is 0 Å². The van der Waals surface area contributed by atoms with Crippen LogP contribution in [-0.4, -0.2) is 18.6 Å². The molecule has 0 bridgehead atoms. The highest BCUT2D eigenvalue weighted by Crippen LogP contribution is 2.11. The number of halogens is 3. The Labute approximate surface area is 70.1 Å². The molecular weight excluding hydrogens is 171 g/mol. The van der Waals surface area contributed by atoms with Gasteiger partial charge < -0.3 is 5.32 Å². The summed E-state index contributed by atoms with van der Waals surface area (Å²) in [4.78, 5) is 10.2. The minimum atomic E-state index is -4.30. The van der Waals surface area contributed by atoms with Crippen LogP contribution in [0, 0.1) is 0 Å². The number of amides is 1. The maximum atomic E-state index is 11.3. The van der Waals surface area contributed by atoms with E-state index < -0.39 is 18.6 Å². The van der Waals surface area contributed by atoms with Crippen molar-refractivity contribution in [3.05, 3.63) is 0 Å². The van der Waals surface area contributed by atoms with Crippen molar-refractivity contribution in [1.82, 2.24) is 5.32 Å². The molecule has 0 aliphatic heterocycles. The first-order chi connectivity index (χ1) is 5.45. The zero-order valence-electron chi connectivity index (χ0n) is 7.46. The molecule has 0 fully saturated rings. The third-order valence-corrected chi connectivity index (χ3v) is 0.807. The summed E-state index contributed by atoms with van der Waals surface area (Å²) in [5.41, 5.74) is 0. The summed E-state index contributed by atoms with van der Waals surface area (Å²) in [6, 6.07) is 0. The molecule has 1 N–H and O–H groups in total. The minimum Gasteiger partial charge on any atom is -0.347 e. The van der Waals surface area contributed by atoms with Gasteiger partial charge >= 0.3 is 6.18 Å². The highest BCUT2D eigenvalue weighted by atomic mass is 19.4. The van der Waals surface area contributed by atoms with Crippen LogP contribution in [0.1, 0.15) is 27.2 Å². The van der Waals surface area contributed by atoms with E-state index >= 15 is 0 Å². The highest BCUT2D eigenvalue weighted by Gasteiger charge is 2.27. The van der Waals surface area contributed by atoms with Crippen molar-refractivity contribution in [3.63, 3.8) is 0 Å². The van der Waals surface area contributed by atoms with Crippen molar-refractivity contribution >= 4 is 5.91 Å². The first-order valence-electron chi connectivity index (χ1n) is 3.79. The number of hydrogen-bond donors (Lipinski definition) is 1. The number of nitrogens with one attached hydrogen (secondary N) is 1. The number of hydrogen-bond acceptors (Lipinski definition) is 1. The van der Waals surface area contributed by atoms with Crippen LogP contribution in [0.4, 0.5) is 13.2 Å². The van der Waals surface area contributed by atoms with Crippen LogP contribution in [0.2, 0.25) is 0 Å². The van der Waals surface area contributed by atoms with Crippen LogP contribution >= 0.6 is 0 Å². The monoisotopic (exact) mass is 185 g/mol. The molecule has 0 aliphatic rings. The number of carbonyl (C=O) groups is 1. The van der Waals surface area contributed by atoms with E-state index in [0.29, 0.717) is 0 Å². The van der Waals surface area contributed by atoms with E-state index in [1.54, 1.807) is 5.32 Å². The van der Waals surface area contributed by atoms with Crippen molar-refractivity contribution in [2.45, 2.75) is 33.4 Å². The average Bonchev–Trinajstić information content (AvgIpc) is 2.03. The van der Waals surface area contributed by atoms with Gasteiger partial charge in [0.25, 0.3) is 0 Å². The summed E-state index contributed by atoms with van der Waals surface area (Å²) in [6.45, 7) is 4.26. The molecule has 0 saturated carbocycles. The number of alkyl halides is 3. The molecule has 0 unspecified atom stereocenters. The molecule has 0 aliphatic carbocycles. The second-order valence-corrected chi connectivity index (χ2v) is 1.75. The largest absolute Gasteiger partial charge is 0.405 e. The van der Waals surface area contributed by atoms with Crippen LogP contribution in [-0.2, 0) is 4.79 Å². The zero-order valence-corrected chi connectivity index (χ0v) is 7.46. The number of carbonyl (C=O) groups excluding carboxylic acids is 1. The molecule has 0 rings (SSSR count).